The van der Waals surface area contributed by atoms with Crippen LogP contribution in [0.25, 0.3) is 0 Å². The molecule has 0 radical (unpaired) electrons. The topological polar surface area (TPSA) is 12.0 Å². The third kappa shape index (κ3) is 4.28. The smallest absolute Gasteiger partial charge is 0.0400 e. The van der Waals surface area contributed by atoms with Crippen molar-refractivity contribution in [2.24, 2.45) is 0 Å². The fraction of sp³-hybridized carbons (Fsp3) is 0.333. The summed E-state index contributed by atoms with van der Waals surface area (Å²) in [5.74, 6) is 0.723. The summed E-state index contributed by atoms with van der Waals surface area (Å²) in [6, 6.07) is 15.2. The van der Waals surface area contributed by atoms with E-state index in [1.54, 1.807) is 0 Å². The van der Waals surface area contributed by atoms with Crippen molar-refractivity contribution >= 4 is 17.3 Å². The van der Waals surface area contributed by atoms with Crippen LogP contribution >= 0.6 is 11.6 Å². The van der Waals surface area contributed by atoms with E-state index in [1.165, 1.54) is 27.9 Å². The predicted molar refractivity (Wildman–Crippen MR) is 88.7 cm³/mol. The summed E-state index contributed by atoms with van der Waals surface area (Å²) in [4.78, 5) is 0. The molecule has 2 aromatic rings. The Bertz CT molecular complexity index is 563. The second-order valence-corrected chi connectivity index (χ2v) is 5.64. The van der Waals surface area contributed by atoms with Gasteiger partial charge in [-0.1, -0.05) is 30.3 Å². The highest BCUT2D eigenvalue weighted by atomic mass is 35.5. The minimum atomic E-state index is 0.723. The fourth-order valence-corrected chi connectivity index (χ4v) is 2.36. The maximum absolute atomic E-state index is 5.74. The lowest BCUT2D eigenvalue weighted by Crippen LogP contribution is -2.00. The maximum atomic E-state index is 5.74. The highest BCUT2D eigenvalue weighted by molar-refractivity contribution is 6.17. The van der Waals surface area contributed by atoms with Crippen molar-refractivity contribution in [3.05, 3.63) is 64.7 Å². The molecule has 20 heavy (non-hydrogen) atoms. The average molecular weight is 288 g/mol. The quantitative estimate of drug-likeness (QED) is 0.730. The Kier molecular flexibility index (Phi) is 5.49. The molecule has 0 bridgehead atoms. The van der Waals surface area contributed by atoms with Gasteiger partial charge in [0, 0.05) is 18.1 Å². The molecule has 0 saturated carbocycles. The fourth-order valence-electron chi connectivity index (χ4n) is 2.23. The van der Waals surface area contributed by atoms with Crippen LogP contribution in [-0.4, -0.2) is 5.88 Å². The molecule has 106 valence electrons. The first-order valence-corrected chi connectivity index (χ1v) is 7.67. The Morgan fingerprint density at radius 2 is 1.80 bits per heavy atom. The van der Waals surface area contributed by atoms with Gasteiger partial charge in [-0.3, -0.25) is 0 Å². The zero-order valence-corrected chi connectivity index (χ0v) is 13.0. The third-order valence-electron chi connectivity index (χ3n) is 3.59. The van der Waals surface area contributed by atoms with Gasteiger partial charge < -0.3 is 5.32 Å². The molecule has 0 unspecified atom stereocenters. The third-order valence-corrected chi connectivity index (χ3v) is 3.86. The number of alkyl halides is 1. The lowest BCUT2D eigenvalue weighted by atomic mass is 10.1. The minimum absolute atomic E-state index is 0.723. The van der Waals surface area contributed by atoms with Crippen LogP contribution in [0.2, 0.25) is 0 Å². The molecule has 0 saturated heterocycles. The number of rotatable bonds is 6. The number of halogens is 1. The van der Waals surface area contributed by atoms with Crippen LogP contribution in [0.4, 0.5) is 5.69 Å². The van der Waals surface area contributed by atoms with Gasteiger partial charge in [0.2, 0.25) is 0 Å². The lowest BCUT2D eigenvalue weighted by Gasteiger charge is -2.10. The first kappa shape index (κ1) is 14.9. The number of benzene rings is 2. The van der Waals surface area contributed by atoms with Gasteiger partial charge in [0.1, 0.15) is 0 Å². The summed E-state index contributed by atoms with van der Waals surface area (Å²) in [7, 11) is 0. The molecule has 0 fully saturated rings. The molecule has 0 aromatic heterocycles. The van der Waals surface area contributed by atoms with E-state index < -0.39 is 0 Å². The molecule has 0 amide bonds. The maximum Gasteiger partial charge on any atom is 0.0400 e. The van der Waals surface area contributed by atoms with Crippen LogP contribution in [-0.2, 0) is 13.0 Å². The van der Waals surface area contributed by atoms with Gasteiger partial charge in [0.15, 0.2) is 0 Å². The van der Waals surface area contributed by atoms with Crippen molar-refractivity contribution < 1.29 is 0 Å². The van der Waals surface area contributed by atoms with Crippen molar-refractivity contribution in [1.29, 1.82) is 0 Å². The van der Waals surface area contributed by atoms with Gasteiger partial charge in [-0.25, -0.2) is 0 Å². The van der Waals surface area contributed by atoms with E-state index >= 15 is 0 Å². The number of aryl methyl sites for hydroxylation is 3. The van der Waals surface area contributed by atoms with E-state index in [0.717, 1.165) is 25.3 Å². The van der Waals surface area contributed by atoms with Crippen molar-refractivity contribution in [3.63, 3.8) is 0 Å². The van der Waals surface area contributed by atoms with Crippen molar-refractivity contribution in [1.82, 2.24) is 0 Å². The molecule has 1 N–H and O–H groups in total. The first-order chi connectivity index (χ1) is 9.69. The van der Waals surface area contributed by atoms with Gasteiger partial charge in [-0.15, -0.1) is 11.6 Å². The average Bonchev–Trinajstić information content (AvgIpc) is 2.47. The van der Waals surface area contributed by atoms with Crippen LogP contribution in [0.3, 0.4) is 0 Å². The lowest BCUT2D eigenvalue weighted by molar-refractivity contribution is 0.928. The minimum Gasteiger partial charge on any atom is -0.381 e. The van der Waals surface area contributed by atoms with Gasteiger partial charge in [-0.05, 0) is 61.1 Å². The second-order valence-electron chi connectivity index (χ2n) is 5.27. The molecule has 0 aliphatic rings. The Labute approximate surface area is 127 Å². The number of nitrogens with one attached hydrogen (secondary N) is 1. The van der Waals surface area contributed by atoms with E-state index in [2.05, 4.69) is 61.6 Å². The Balaban J connectivity index is 1.97. The van der Waals surface area contributed by atoms with Crippen LogP contribution in [0.15, 0.2) is 42.5 Å². The molecular formula is C18H22ClN. The molecule has 2 aromatic carbocycles. The van der Waals surface area contributed by atoms with Gasteiger partial charge >= 0.3 is 0 Å². The number of hydrogen-bond acceptors (Lipinski definition) is 1. The molecule has 0 aliphatic carbocycles. The molecule has 0 atom stereocenters. The standard InChI is InChI=1S/C18H22ClN/c1-14-8-9-17(11-15(14)2)13-20-18-7-3-5-16(12-18)6-4-10-19/h3,5,7-9,11-12,20H,4,6,10,13H2,1-2H3. The normalized spacial score (nSPS) is 10.6. The molecule has 0 heterocycles. The van der Waals surface area contributed by atoms with Crippen LogP contribution in [0.1, 0.15) is 28.7 Å². The zero-order chi connectivity index (χ0) is 14.4. The summed E-state index contributed by atoms with van der Waals surface area (Å²) >= 11 is 5.74. The first-order valence-electron chi connectivity index (χ1n) is 7.14. The molecule has 2 rings (SSSR count). The Morgan fingerprint density at radius 1 is 0.950 bits per heavy atom. The van der Waals surface area contributed by atoms with Crippen LogP contribution in [0, 0.1) is 13.8 Å². The Hall–Kier alpha value is -1.47. The van der Waals surface area contributed by atoms with E-state index in [1.807, 2.05) is 0 Å². The summed E-state index contributed by atoms with van der Waals surface area (Å²) in [5, 5.41) is 3.49. The van der Waals surface area contributed by atoms with Gasteiger partial charge in [0.25, 0.3) is 0 Å². The molecule has 0 spiro atoms. The van der Waals surface area contributed by atoms with Gasteiger partial charge in [0.05, 0.1) is 0 Å². The second kappa shape index (κ2) is 7.35. The van der Waals surface area contributed by atoms with E-state index in [0.29, 0.717) is 0 Å². The van der Waals surface area contributed by atoms with Crippen LogP contribution in [0.5, 0.6) is 0 Å². The van der Waals surface area contributed by atoms with Crippen molar-refractivity contribution in [2.75, 3.05) is 11.2 Å². The number of hydrogen-bond donors (Lipinski definition) is 1. The Morgan fingerprint density at radius 3 is 2.55 bits per heavy atom. The highest BCUT2D eigenvalue weighted by Crippen LogP contribution is 2.15. The summed E-state index contributed by atoms with van der Waals surface area (Å²) in [6.07, 6.45) is 2.07. The largest absolute Gasteiger partial charge is 0.381 e. The molecule has 2 heteroatoms. The summed E-state index contributed by atoms with van der Waals surface area (Å²) in [6.45, 7) is 5.17. The predicted octanol–water partition coefficient (Wildman–Crippen LogP) is 5.09. The zero-order valence-electron chi connectivity index (χ0n) is 12.2. The van der Waals surface area contributed by atoms with Gasteiger partial charge in [-0.2, -0.15) is 0 Å². The van der Waals surface area contributed by atoms with E-state index in [4.69, 9.17) is 11.6 Å². The molecule has 0 aliphatic heterocycles. The molecular weight excluding hydrogens is 266 g/mol. The van der Waals surface area contributed by atoms with Crippen LogP contribution < -0.4 is 5.32 Å². The van der Waals surface area contributed by atoms with Crippen molar-refractivity contribution in [3.8, 4) is 0 Å². The monoisotopic (exact) mass is 287 g/mol. The molecule has 1 nitrogen and oxygen atoms in total. The van der Waals surface area contributed by atoms with Crippen molar-refractivity contribution in [2.45, 2.75) is 33.2 Å². The summed E-state index contributed by atoms with van der Waals surface area (Å²) < 4.78 is 0. The van der Waals surface area contributed by atoms with E-state index in [-0.39, 0.29) is 0 Å². The SMILES string of the molecule is Cc1ccc(CNc2cccc(CCCCl)c2)cc1C. The van der Waals surface area contributed by atoms with E-state index in [9.17, 15) is 0 Å². The number of anilines is 1. The highest BCUT2D eigenvalue weighted by Gasteiger charge is 1.99. The summed E-state index contributed by atoms with van der Waals surface area (Å²) in [5.41, 5.74) is 6.53.